The highest BCUT2D eigenvalue weighted by molar-refractivity contribution is 7.92. The number of carbonyl (C=O) groups is 2. The highest BCUT2D eigenvalue weighted by Gasteiger charge is 2.31. The van der Waals surface area contributed by atoms with Crippen LogP contribution in [-0.4, -0.2) is 50.5 Å². The van der Waals surface area contributed by atoms with Crippen molar-refractivity contribution in [3.05, 3.63) is 65.5 Å². The standard InChI is InChI=1S/C24H32FN3O4S/c1-5-13-26-24(30)22(6-2)27(16-19-10-7-9-18(3)14-19)23(29)17-28(33(4,31)32)21-12-8-11-20(25)15-21/h7-12,14-15,22H,5-6,13,16-17H2,1-4H3,(H,26,30)/t22-/m0/s1. The maximum atomic E-state index is 13.8. The number of hydrogen-bond donors (Lipinski definition) is 1. The Bertz CT molecular complexity index is 1070. The van der Waals surface area contributed by atoms with Gasteiger partial charge in [-0.25, -0.2) is 12.8 Å². The number of nitrogens with one attached hydrogen (secondary N) is 1. The SMILES string of the molecule is CCCNC(=O)[C@H](CC)N(Cc1cccc(C)c1)C(=O)CN(c1cccc(F)c1)S(C)(=O)=O. The molecule has 9 heteroatoms. The minimum absolute atomic E-state index is 0.0461. The third-order valence-corrected chi connectivity index (χ3v) is 6.29. The van der Waals surface area contributed by atoms with Crippen molar-refractivity contribution in [1.29, 1.82) is 0 Å². The lowest BCUT2D eigenvalue weighted by molar-refractivity contribution is -0.140. The third kappa shape index (κ3) is 7.56. The van der Waals surface area contributed by atoms with Gasteiger partial charge in [-0.2, -0.15) is 0 Å². The van der Waals surface area contributed by atoms with Gasteiger partial charge in [0.2, 0.25) is 21.8 Å². The molecule has 1 atom stereocenters. The van der Waals surface area contributed by atoms with Gasteiger partial charge in [-0.15, -0.1) is 0 Å². The van der Waals surface area contributed by atoms with Crippen molar-refractivity contribution in [2.75, 3.05) is 23.7 Å². The summed E-state index contributed by atoms with van der Waals surface area (Å²) in [4.78, 5) is 27.7. The van der Waals surface area contributed by atoms with Crippen LogP contribution in [0.3, 0.4) is 0 Å². The molecular formula is C24H32FN3O4S. The summed E-state index contributed by atoms with van der Waals surface area (Å²) < 4.78 is 39.6. The van der Waals surface area contributed by atoms with E-state index < -0.39 is 34.3 Å². The summed E-state index contributed by atoms with van der Waals surface area (Å²) >= 11 is 0. The monoisotopic (exact) mass is 477 g/mol. The van der Waals surface area contributed by atoms with Gasteiger partial charge in [-0.3, -0.25) is 13.9 Å². The molecule has 0 spiro atoms. The molecular weight excluding hydrogens is 445 g/mol. The van der Waals surface area contributed by atoms with Crippen LogP contribution in [-0.2, 0) is 26.2 Å². The average Bonchev–Trinajstić information content (AvgIpc) is 2.74. The van der Waals surface area contributed by atoms with E-state index in [0.29, 0.717) is 13.0 Å². The first-order valence-corrected chi connectivity index (χ1v) is 12.8. The van der Waals surface area contributed by atoms with Crippen LogP contribution >= 0.6 is 0 Å². The third-order valence-electron chi connectivity index (χ3n) is 5.15. The van der Waals surface area contributed by atoms with E-state index in [0.717, 1.165) is 34.2 Å². The van der Waals surface area contributed by atoms with Gasteiger partial charge in [-0.1, -0.05) is 49.7 Å². The number of aryl methyl sites for hydroxylation is 1. The van der Waals surface area contributed by atoms with Crippen LogP contribution in [0.15, 0.2) is 48.5 Å². The molecule has 0 unspecified atom stereocenters. The predicted octanol–water partition coefficient (Wildman–Crippen LogP) is 3.23. The quantitative estimate of drug-likeness (QED) is 0.538. The molecule has 33 heavy (non-hydrogen) atoms. The minimum Gasteiger partial charge on any atom is -0.354 e. The second-order valence-electron chi connectivity index (χ2n) is 7.98. The molecule has 0 saturated carbocycles. The number of rotatable bonds is 11. The van der Waals surface area contributed by atoms with Gasteiger partial charge in [0, 0.05) is 13.1 Å². The highest BCUT2D eigenvalue weighted by Crippen LogP contribution is 2.20. The molecule has 0 radical (unpaired) electrons. The summed E-state index contributed by atoms with van der Waals surface area (Å²) in [5.41, 5.74) is 1.87. The fourth-order valence-electron chi connectivity index (χ4n) is 3.54. The molecule has 0 aliphatic carbocycles. The summed E-state index contributed by atoms with van der Waals surface area (Å²) in [5.74, 6) is -1.46. The van der Waals surface area contributed by atoms with Crippen molar-refractivity contribution < 1.29 is 22.4 Å². The van der Waals surface area contributed by atoms with Gasteiger partial charge < -0.3 is 10.2 Å². The molecule has 0 heterocycles. The van der Waals surface area contributed by atoms with E-state index in [2.05, 4.69) is 5.32 Å². The Labute approximate surface area is 195 Å². The van der Waals surface area contributed by atoms with E-state index in [4.69, 9.17) is 0 Å². The van der Waals surface area contributed by atoms with E-state index in [1.807, 2.05) is 38.1 Å². The first-order valence-electron chi connectivity index (χ1n) is 10.9. The Kier molecular flexibility index (Phi) is 9.40. The largest absolute Gasteiger partial charge is 0.354 e. The molecule has 2 amide bonds. The summed E-state index contributed by atoms with van der Waals surface area (Å²) in [6.07, 6.45) is 2.06. The lowest BCUT2D eigenvalue weighted by Crippen LogP contribution is -2.52. The fourth-order valence-corrected chi connectivity index (χ4v) is 4.38. The van der Waals surface area contributed by atoms with Crippen molar-refractivity contribution in [3.8, 4) is 0 Å². The highest BCUT2D eigenvalue weighted by atomic mass is 32.2. The van der Waals surface area contributed by atoms with E-state index in [9.17, 15) is 22.4 Å². The van der Waals surface area contributed by atoms with Gasteiger partial charge >= 0.3 is 0 Å². The molecule has 7 nitrogen and oxygen atoms in total. The Morgan fingerprint density at radius 3 is 2.36 bits per heavy atom. The van der Waals surface area contributed by atoms with Crippen LogP contribution in [0.4, 0.5) is 10.1 Å². The molecule has 0 aliphatic rings. The summed E-state index contributed by atoms with van der Waals surface area (Å²) in [6, 6.07) is 11.8. The smallest absolute Gasteiger partial charge is 0.244 e. The van der Waals surface area contributed by atoms with E-state index in [1.165, 1.54) is 23.1 Å². The predicted molar refractivity (Wildman–Crippen MR) is 128 cm³/mol. The molecule has 0 saturated heterocycles. The topological polar surface area (TPSA) is 86.8 Å². The fraction of sp³-hybridized carbons (Fsp3) is 0.417. The van der Waals surface area contributed by atoms with Crippen LogP contribution in [0.25, 0.3) is 0 Å². The number of sulfonamides is 1. The number of carbonyl (C=O) groups excluding carboxylic acids is 2. The van der Waals surface area contributed by atoms with Gasteiger partial charge in [0.1, 0.15) is 18.4 Å². The zero-order chi connectivity index (χ0) is 24.6. The maximum absolute atomic E-state index is 13.8. The first kappa shape index (κ1) is 26.3. The Morgan fingerprint density at radius 1 is 1.09 bits per heavy atom. The number of halogens is 1. The molecule has 0 fully saturated rings. The molecule has 2 aromatic rings. The Morgan fingerprint density at radius 2 is 1.79 bits per heavy atom. The summed E-state index contributed by atoms with van der Waals surface area (Å²) in [6.45, 7) is 5.72. The van der Waals surface area contributed by atoms with Gasteiger partial charge in [-0.05, 0) is 43.5 Å². The Balaban J connectivity index is 2.42. The number of anilines is 1. The molecule has 1 N–H and O–H groups in total. The van der Waals surface area contributed by atoms with Crippen LogP contribution < -0.4 is 9.62 Å². The number of amides is 2. The van der Waals surface area contributed by atoms with Crippen molar-refractivity contribution >= 4 is 27.5 Å². The van der Waals surface area contributed by atoms with Gasteiger partial charge in [0.25, 0.3) is 0 Å². The van der Waals surface area contributed by atoms with Crippen molar-refractivity contribution in [1.82, 2.24) is 10.2 Å². The molecule has 0 bridgehead atoms. The average molecular weight is 478 g/mol. The van der Waals surface area contributed by atoms with E-state index in [-0.39, 0.29) is 18.1 Å². The zero-order valence-corrected chi connectivity index (χ0v) is 20.4. The van der Waals surface area contributed by atoms with Gasteiger partial charge in [0.05, 0.1) is 11.9 Å². The normalized spacial score (nSPS) is 12.2. The van der Waals surface area contributed by atoms with E-state index >= 15 is 0 Å². The number of benzene rings is 2. The molecule has 2 rings (SSSR count). The number of nitrogens with zero attached hydrogens (tertiary/aromatic N) is 2. The second-order valence-corrected chi connectivity index (χ2v) is 9.88. The molecule has 2 aromatic carbocycles. The van der Waals surface area contributed by atoms with Crippen LogP contribution in [0, 0.1) is 12.7 Å². The first-order chi connectivity index (χ1) is 15.6. The Hall–Kier alpha value is -2.94. The lowest BCUT2D eigenvalue weighted by atomic mass is 10.1. The van der Waals surface area contributed by atoms with Crippen LogP contribution in [0.5, 0.6) is 0 Å². The van der Waals surface area contributed by atoms with Gasteiger partial charge in [0.15, 0.2) is 0 Å². The van der Waals surface area contributed by atoms with Crippen molar-refractivity contribution in [2.24, 2.45) is 0 Å². The molecule has 180 valence electrons. The number of hydrogen-bond acceptors (Lipinski definition) is 4. The summed E-state index contributed by atoms with van der Waals surface area (Å²) in [7, 11) is -3.89. The minimum atomic E-state index is -3.89. The maximum Gasteiger partial charge on any atom is 0.244 e. The van der Waals surface area contributed by atoms with Crippen LogP contribution in [0.2, 0.25) is 0 Å². The second kappa shape index (κ2) is 11.8. The summed E-state index contributed by atoms with van der Waals surface area (Å²) in [5, 5.41) is 2.82. The van der Waals surface area contributed by atoms with Crippen molar-refractivity contribution in [3.63, 3.8) is 0 Å². The molecule has 0 aliphatic heterocycles. The molecule has 0 aromatic heterocycles. The van der Waals surface area contributed by atoms with Crippen molar-refractivity contribution in [2.45, 2.75) is 46.2 Å². The zero-order valence-electron chi connectivity index (χ0n) is 19.5. The van der Waals surface area contributed by atoms with E-state index in [1.54, 1.807) is 6.92 Å². The lowest BCUT2D eigenvalue weighted by Gasteiger charge is -2.33. The van der Waals surface area contributed by atoms with Crippen LogP contribution in [0.1, 0.15) is 37.8 Å².